The van der Waals surface area contributed by atoms with E-state index in [9.17, 15) is 9.90 Å². The summed E-state index contributed by atoms with van der Waals surface area (Å²) in [6.45, 7) is 3.24. The first-order valence-electron chi connectivity index (χ1n) is 6.39. The Morgan fingerprint density at radius 3 is 2.76 bits per heavy atom. The zero-order valence-electron chi connectivity index (χ0n) is 10.7. The van der Waals surface area contributed by atoms with Crippen LogP contribution in [0.2, 0.25) is 0 Å². The van der Waals surface area contributed by atoms with Crippen LogP contribution in [-0.2, 0) is 9.53 Å². The summed E-state index contributed by atoms with van der Waals surface area (Å²) in [5, 5.41) is 12.4. The predicted molar refractivity (Wildman–Crippen MR) is 65.8 cm³/mol. The number of carbonyl (C=O) groups is 1. The molecule has 0 aromatic rings. The highest BCUT2D eigenvalue weighted by Gasteiger charge is 2.15. The third kappa shape index (κ3) is 6.00. The van der Waals surface area contributed by atoms with Crippen molar-refractivity contribution in [2.24, 2.45) is 0 Å². The minimum atomic E-state index is -0.495. The summed E-state index contributed by atoms with van der Waals surface area (Å²) < 4.78 is 4.81. The molecule has 0 radical (unpaired) electrons. The molecule has 1 rings (SSSR count). The Hall–Kier alpha value is -0.650. The van der Waals surface area contributed by atoms with Crippen molar-refractivity contribution < 1.29 is 14.6 Å². The van der Waals surface area contributed by atoms with E-state index in [2.05, 4.69) is 5.32 Å². The monoisotopic (exact) mass is 244 g/mol. The van der Waals surface area contributed by atoms with Gasteiger partial charge in [-0.15, -0.1) is 0 Å². The second kappa shape index (κ2) is 8.44. The summed E-state index contributed by atoms with van der Waals surface area (Å²) in [5.74, 6) is 0.221. The minimum absolute atomic E-state index is 0.221. The van der Waals surface area contributed by atoms with E-state index in [1.165, 1.54) is 6.42 Å². The first kappa shape index (κ1) is 14.4. The maximum absolute atomic E-state index is 11.8. The van der Waals surface area contributed by atoms with Gasteiger partial charge < -0.3 is 20.1 Å². The Morgan fingerprint density at radius 1 is 1.41 bits per heavy atom. The maximum Gasteiger partial charge on any atom is 0.223 e. The molecule has 5 heteroatoms. The molecule has 1 atom stereocenters. The molecule has 17 heavy (non-hydrogen) atoms. The number of aliphatic hydroxyl groups is 1. The standard InChI is InChI=1S/C12H24N2O3/c1-17-10-11(15)9-13-6-5-12(16)14-7-3-2-4-8-14/h11,13,15H,2-10H2,1H3. The van der Waals surface area contributed by atoms with Gasteiger partial charge in [0.05, 0.1) is 12.7 Å². The number of aliphatic hydroxyl groups excluding tert-OH is 1. The van der Waals surface area contributed by atoms with Gasteiger partial charge in [-0.05, 0) is 19.3 Å². The normalized spacial score (nSPS) is 18.1. The second-order valence-electron chi connectivity index (χ2n) is 4.50. The van der Waals surface area contributed by atoms with Crippen LogP contribution in [0.5, 0.6) is 0 Å². The van der Waals surface area contributed by atoms with E-state index in [0.29, 0.717) is 26.1 Å². The Bertz CT molecular complexity index is 218. The van der Waals surface area contributed by atoms with Gasteiger partial charge in [-0.1, -0.05) is 0 Å². The van der Waals surface area contributed by atoms with Gasteiger partial charge >= 0.3 is 0 Å². The number of nitrogens with zero attached hydrogens (tertiary/aromatic N) is 1. The lowest BCUT2D eigenvalue weighted by Crippen LogP contribution is -2.38. The number of ether oxygens (including phenoxy) is 1. The van der Waals surface area contributed by atoms with Crippen molar-refractivity contribution >= 4 is 5.91 Å². The first-order chi connectivity index (χ1) is 8.24. The zero-order valence-corrected chi connectivity index (χ0v) is 10.7. The Labute approximate surface area is 103 Å². The van der Waals surface area contributed by atoms with E-state index in [1.54, 1.807) is 7.11 Å². The van der Waals surface area contributed by atoms with Crippen LogP contribution in [0, 0.1) is 0 Å². The molecule has 1 unspecified atom stereocenters. The minimum Gasteiger partial charge on any atom is -0.389 e. The molecular weight excluding hydrogens is 220 g/mol. The molecule has 1 saturated heterocycles. The van der Waals surface area contributed by atoms with E-state index in [-0.39, 0.29) is 5.91 Å². The van der Waals surface area contributed by atoms with Gasteiger partial charge in [-0.25, -0.2) is 0 Å². The highest BCUT2D eigenvalue weighted by Crippen LogP contribution is 2.09. The van der Waals surface area contributed by atoms with Crippen molar-refractivity contribution in [1.82, 2.24) is 10.2 Å². The average Bonchev–Trinajstić information content (AvgIpc) is 2.36. The van der Waals surface area contributed by atoms with Gasteiger partial charge in [-0.2, -0.15) is 0 Å². The molecule has 1 heterocycles. The number of amides is 1. The third-order valence-electron chi connectivity index (χ3n) is 2.96. The number of rotatable bonds is 7. The number of nitrogens with one attached hydrogen (secondary N) is 1. The molecule has 0 saturated carbocycles. The fourth-order valence-electron chi connectivity index (χ4n) is 2.02. The van der Waals surface area contributed by atoms with Gasteiger partial charge in [-0.3, -0.25) is 4.79 Å². The molecule has 0 aliphatic carbocycles. The molecule has 0 bridgehead atoms. The van der Waals surface area contributed by atoms with Gasteiger partial charge in [0.15, 0.2) is 0 Å². The number of methoxy groups -OCH3 is 1. The Balaban J connectivity index is 2.03. The largest absolute Gasteiger partial charge is 0.389 e. The fraction of sp³-hybridized carbons (Fsp3) is 0.917. The predicted octanol–water partition coefficient (Wildman–Crippen LogP) is -0.0141. The van der Waals surface area contributed by atoms with Crippen molar-refractivity contribution in [2.45, 2.75) is 31.8 Å². The topological polar surface area (TPSA) is 61.8 Å². The Morgan fingerprint density at radius 2 is 2.12 bits per heavy atom. The van der Waals surface area contributed by atoms with Crippen LogP contribution in [0.15, 0.2) is 0 Å². The van der Waals surface area contributed by atoms with E-state index in [1.807, 2.05) is 4.90 Å². The van der Waals surface area contributed by atoms with Crippen molar-refractivity contribution in [3.8, 4) is 0 Å². The highest BCUT2D eigenvalue weighted by molar-refractivity contribution is 5.76. The molecule has 1 aliphatic rings. The summed E-state index contributed by atoms with van der Waals surface area (Å²) >= 11 is 0. The fourth-order valence-corrected chi connectivity index (χ4v) is 2.02. The summed E-state index contributed by atoms with van der Waals surface area (Å²) in [6.07, 6.45) is 3.52. The maximum atomic E-state index is 11.8. The number of carbonyl (C=O) groups excluding carboxylic acids is 1. The van der Waals surface area contributed by atoms with Gasteiger partial charge in [0.1, 0.15) is 0 Å². The SMILES string of the molecule is COCC(O)CNCCC(=O)N1CCCCC1. The van der Waals surface area contributed by atoms with Crippen LogP contribution in [0.4, 0.5) is 0 Å². The average molecular weight is 244 g/mol. The van der Waals surface area contributed by atoms with Crippen LogP contribution in [0.3, 0.4) is 0 Å². The third-order valence-corrected chi connectivity index (χ3v) is 2.96. The van der Waals surface area contributed by atoms with Crippen LogP contribution in [0.25, 0.3) is 0 Å². The van der Waals surface area contributed by atoms with Gasteiger partial charge in [0, 0.05) is 39.7 Å². The van der Waals surface area contributed by atoms with Crippen LogP contribution < -0.4 is 5.32 Å². The smallest absolute Gasteiger partial charge is 0.223 e. The molecule has 0 aromatic carbocycles. The van der Waals surface area contributed by atoms with Crippen molar-refractivity contribution in [1.29, 1.82) is 0 Å². The molecule has 5 nitrogen and oxygen atoms in total. The summed E-state index contributed by atoms with van der Waals surface area (Å²) in [6, 6.07) is 0. The first-order valence-corrected chi connectivity index (χ1v) is 6.39. The molecule has 1 amide bonds. The molecule has 1 aliphatic heterocycles. The van der Waals surface area contributed by atoms with Gasteiger partial charge in [0.25, 0.3) is 0 Å². The van der Waals surface area contributed by atoms with E-state index in [4.69, 9.17) is 4.74 Å². The molecular formula is C12H24N2O3. The summed E-state index contributed by atoms with van der Waals surface area (Å²) in [5.41, 5.74) is 0. The summed E-state index contributed by atoms with van der Waals surface area (Å²) in [7, 11) is 1.56. The quantitative estimate of drug-likeness (QED) is 0.618. The van der Waals surface area contributed by atoms with E-state index >= 15 is 0 Å². The number of hydrogen-bond donors (Lipinski definition) is 2. The van der Waals surface area contributed by atoms with Crippen molar-refractivity contribution in [2.75, 3.05) is 39.9 Å². The number of hydrogen-bond acceptors (Lipinski definition) is 4. The van der Waals surface area contributed by atoms with E-state index in [0.717, 1.165) is 25.9 Å². The molecule has 0 spiro atoms. The molecule has 100 valence electrons. The van der Waals surface area contributed by atoms with Gasteiger partial charge in [0.2, 0.25) is 5.91 Å². The molecule has 2 N–H and O–H groups in total. The highest BCUT2D eigenvalue weighted by atomic mass is 16.5. The van der Waals surface area contributed by atoms with Crippen LogP contribution in [-0.4, -0.2) is 61.9 Å². The van der Waals surface area contributed by atoms with E-state index < -0.39 is 6.10 Å². The molecule has 1 fully saturated rings. The number of likely N-dealkylation sites (tertiary alicyclic amines) is 1. The van der Waals surface area contributed by atoms with Crippen LogP contribution >= 0.6 is 0 Å². The molecule has 0 aromatic heterocycles. The lowest BCUT2D eigenvalue weighted by atomic mass is 10.1. The number of piperidine rings is 1. The van der Waals surface area contributed by atoms with Crippen molar-refractivity contribution in [3.05, 3.63) is 0 Å². The second-order valence-corrected chi connectivity index (χ2v) is 4.50. The summed E-state index contributed by atoms with van der Waals surface area (Å²) in [4.78, 5) is 13.7. The zero-order chi connectivity index (χ0) is 12.5. The van der Waals surface area contributed by atoms with Crippen LogP contribution in [0.1, 0.15) is 25.7 Å². The van der Waals surface area contributed by atoms with Crippen molar-refractivity contribution in [3.63, 3.8) is 0 Å². The lowest BCUT2D eigenvalue weighted by Gasteiger charge is -2.26. The Kier molecular flexibility index (Phi) is 7.16. The lowest BCUT2D eigenvalue weighted by molar-refractivity contribution is -0.132.